The zero-order chi connectivity index (χ0) is 16.7. The van der Waals surface area contributed by atoms with Crippen molar-refractivity contribution in [2.24, 2.45) is 0 Å². The highest BCUT2D eigenvalue weighted by Crippen LogP contribution is 2.33. The summed E-state index contributed by atoms with van der Waals surface area (Å²) < 4.78 is 13.9. The Balaban J connectivity index is 1.66. The summed E-state index contributed by atoms with van der Waals surface area (Å²) in [5.41, 5.74) is 2.32. The van der Waals surface area contributed by atoms with E-state index < -0.39 is 11.7 Å². The number of fused-ring (bicyclic) bond motifs is 3. The zero-order valence-electron chi connectivity index (χ0n) is 13.1. The third-order valence-electron chi connectivity index (χ3n) is 4.84. The van der Waals surface area contributed by atoms with Crippen molar-refractivity contribution in [2.75, 3.05) is 19.6 Å². The van der Waals surface area contributed by atoms with E-state index in [2.05, 4.69) is 6.07 Å². The molecule has 0 N–H and O–H groups in total. The summed E-state index contributed by atoms with van der Waals surface area (Å²) >= 11 is 0. The first kappa shape index (κ1) is 14.9. The number of carbonyl (C=O) groups excluding carboxylic acids is 2. The van der Waals surface area contributed by atoms with E-state index in [4.69, 9.17) is 0 Å². The van der Waals surface area contributed by atoms with Gasteiger partial charge in [-0.15, -0.1) is 0 Å². The second-order valence-corrected chi connectivity index (χ2v) is 6.22. The summed E-state index contributed by atoms with van der Waals surface area (Å²) in [6, 6.07) is 13.8. The first-order valence-corrected chi connectivity index (χ1v) is 8.06. The van der Waals surface area contributed by atoms with Crippen LogP contribution in [0.5, 0.6) is 0 Å². The van der Waals surface area contributed by atoms with Gasteiger partial charge in [0.25, 0.3) is 5.91 Å². The Morgan fingerprint density at radius 3 is 2.67 bits per heavy atom. The molecule has 4 nitrogen and oxygen atoms in total. The van der Waals surface area contributed by atoms with E-state index in [0.29, 0.717) is 13.1 Å². The van der Waals surface area contributed by atoms with Gasteiger partial charge in [0.1, 0.15) is 12.4 Å². The lowest BCUT2D eigenvalue weighted by atomic mass is 9.90. The van der Waals surface area contributed by atoms with Crippen LogP contribution < -0.4 is 0 Å². The number of amides is 2. The van der Waals surface area contributed by atoms with E-state index in [-0.39, 0.29) is 24.1 Å². The maximum Gasteiger partial charge on any atom is 0.257 e. The SMILES string of the molecule is O=C(c1ccccc1F)N1CC(=O)N2CCc3ccccc3[C@H]2C1. The van der Waals surface area contributed by atoms with E-state index in [1.165, 1.54) is 22.6 Å². The Bertz CT molecular complexity index is 821. The van der Waals surface area contributed by atoms with E-state index >= 15 is 0 Å². The summed E-state index contributed by atoms with van der Waals surface area (Å²) in [5, 5.41) is 0. The van der Waals surface area contributed by atoms with E-state index in [9.17, 15) is 14.0 Å². The van der Waals surface area contributed by atoms with Gasteiger partial charge in [-0.05, 0) is 29.7 Å². The van der Waals surface area contributed by atoms with Gasteiger partial charge in [0.15, 0.2) is 0 Å². The maximum atomic E-state index is 13.9. The van der Waals surface area contributed by atoms with Gasteiger partial charge in [-0.1, -0.05) is 36.4 Å². The van der Waals surface area contributed by atoms with Crippen molar-refractivity contribution in [3.63, 3.8) is 0 Å². The van der Waals surface area contributed by atoms with E-state index in [1.807, 2.05) is 23.1 Å². The van der Waals surface area contributed by atoms with Gasteiger partial charge < -0.3 is 9.80 Å². The van der Waals surface area contributed by atoms with Crippen molar-refractivity contribution < 1.29 is 14.0 Å². The summed E-state index contributed by atoms with van der Waals surface area (Å²) in [7, 11) is 0. The van der Waals surface area contributed by atoms with Crippen LogP contribution in [0.4, 0.5) is 4.39 Å². The molecule has 4 rings (SSSR count). The Labute approximate surface area is 139 Å². The average molecular weight is 324 g/mol. The molecule has 2 amide bonds. The minimum absolute atomic E-state index is 0.00579. The third kappa shape index (κ3) is 2.37. The van der Waals surface area contributed by atoms with Gasteiger partial charge in [-0.2, -0.15) is 0 Å². The molecule has 5 heteroatoms. The monoisotopic (exact) mass is 324 g/mol. The molecule has 2 aliphatic heterocycles. The Kier molecular flexibility index (Phi) is 3.56. The lowest BCUT2D eigenvalue weighted by Crippen LogP contribution is -2.55. The first-order chi connectivity index (χ1) is 11.6. The largest absolute Gasteiger partial charge is 0.332 e. The topological polar surface area (TPSA) is 40.6 Å². The molecule has 2 aromatic rings. The van der Waals surface area contributed by atoms with Crippen LogP contribution in [-0.4, -0.2) is 41.2 Å². The highest BCUT2D eigenvalue weighted by atomic mass is 19.1. The number of nitrogens with zero attached hydrogens (tertiary/aromatic N) is 2. The summed E-state index contributed by atoms with van der Waals surface area (Å²) in [4.78, 5) is 28.5. The third-order valence-corrected chi connectivity index (χ3v) is 4.84. The average Bonchev–Trinajstić information content (AvgIpc) is 2.61. The summed E-state index contributed by atoms with van der Waals surface area (Å²) in [6.45, 7) is 1.07. The molecule has 0 aromatic heterocycles. The minimum atomic E-state index is -0.554. The molecule has 2 aromatic carbocycles. The fourth-order valence-electron chi connectivity index (χ4n) is 3.63. The van der Waals surface area contributed by atoms with Crippen molar-refractivity contribution in [1.82, 2.24) is 9.80 Å². The quantitative estimate of drug-likeness (QED) is 0.808. The van der Waals surface area contributed by atoms with Crippen LogP contribution in [0.25, 0.3) is 0 Å². The molecule has 0 bridgehead atoms. The molecule has 122 valence electrons. The number of rotatable bonds is 1. The zero-order valence-corrected chi connectivity index (χ0v) is 13.1. The molecular formula is C19H17FN2O2. The smallest absolute Gasteiger partial charge is 0.257 e. The normalized spacial score (nSPS) is 19.7. The second kappa shape index (κ2) is 5.74. The molecule has 2 heterocycles. The van der Waals surface area contributed by atoms with E-state index in [1.54, 1.807) is 12.1 Å². The maximum absolute atomic E-state index is 13.9. The van der Waals surface area contributed by atoms with Crippen LogP contribution in [-0.2, 0) is 11.2 Å². The van der Waals surface area contributed by atoms with Crippen LogP contribution in [0, 0.1) is 5.82 Å². The number of hydrogen-bond donors (Lipinski definition) is 0. The molecule has 0 spiro atoms. The summed E-state index contributed by atoms with van der Waals surface area (Å²) in [6.07, 6.45) is 0.833. The van der Waals surface area contributed by atoms with Gasteiger partial charge in [0.05, 0.1) is 11.6 Å². The fraction of sp³-hybridized carbons (Fsp3) is 0.263. The Morgan fingerprint density at radius 2 is 1.83 bits per heavy atom. The van der Waals surface area contributed by atoms with Crippen LogP contribution in [0.2, 0.25) is 0 Å². The number of halogens is 1. The molecule has 24 heavy (non-hydrogen) atoms. The van der Waals surface area contributed by atoms with Crippen molar-refractivity contribution in [2.45, 2.75) is 12.5 Å². The molecule has 0 unspecified atom stereocenters. The van der Waals surface area contributed by atoms with Crippen LogP contribution in [0.1, 0.15) is 27.5 Å². The molecule has 0 aliphatic carbocycles. The van der Waals surface area contributed by atoms with Gasteiger partial charge in [0.2, 0.25) is 5.91 Å². The molecule has 0 saturated carbocycles. The molecule has 1 saturated heterocycles. The van der Waals surface area contributed by atoms with Gasteiger partial charge >= 0.3 is 0 Å². The Hall–Kier alpha value is -2.69. The van der Waals surface area contributed by atoms with Crippen molar-refractivity contribution in [3.8, 4) is 0 Å². The molecule has 1 fully saturated rings. The Morgan fingerprint density at radius 1 is 1.08 bits per heavy atom. The first-order valence-electron chi connectivity index (χ1n) is 8.06. The highest BCUT2D eigenvalue weighted by molar-refractivity contribution is 5.97. The minimum Gasteiger partial charge on any atom is -0.332 e. The van der Waals surface area contributed by atoms with Crippen LogP contribution >= 0.6 is 0 Å². The standard InChI is InChI=1S/C19H17FN2O2/c20-16-8-4-3-7-15(16)19(24)21-11-17-14-6-2-1-5-13(14)9-10-22(17)18(23)12-21/h1-8,17H,9-12H2/t17-/m1/s1. The number of piperazine rings is 1. The van der Waals surface area contributed by atoms with Crippen LogP contribution in [0.15, 0.2) is 48.5 Å². The predicted octanol–water partition coefficient (Wildman–Crippen LogP) is 2.41. The molecule has 0 radical (unpaired) electrons. The van der Waals surface area contributed by atoms with Crippen molar-refractivity contribution >= 4 is 11.8 Å². The fourth-order valence-corrected chi connectivity index (χ4v) is 3.63. The van der Waals surface area contributed by atoms with E-state index in [0.717, 1.165) is 12.0 Å². The molecule has 2 aliphatic rings. The van der Waals surface area contributed by atoms with Gasteiger partial charge in [-0.3, -0.25) is 9.59 Å². The lowest BCUT2D eigenvalue weighted by Gasteiger charge is -2.44. The van der Waals surface area contributed by atoms with Gasteiger partial charge in [0, 0.05) is 13.1 Å². The summed E-state index contributed by atoms with van der Waals surface area (Å²) in [5.74, 6) is -1.06. The van der Waals surface area contributed by atoms with Crippen molar-refractivity contribution in [1.29, 1.82) is 0 Å². The molecule has 1 atom stereocenters. The van der Waals surface area contributed by atoms with Crippen molar-refractivity contribution in [3.05, 3.63) is 71.0 Å². The second-order valence-electron chi connectivity index (χ2n) is 6.22. The number of hydrogen-bond acceptors (Lipinski definition) is 2. The van der Waals surface area contributed by atoms with Gasteiger partial charge in [-0.25, -0.2) is 4.39 Å². The molecular weight excluding hydrogens is 307 g/mol. The lowest BCUT2D eigenvalue weighted by molar-refractivity contribution is -0.139. The van der Waals surface area contributed by atoms with Crippen LogP contribution in [0.3, 0.4) is 0 Å². The number of carbonyl (C=O) groups is 2. The number of benzene rings is 2. The predicted molar refractivity (Wildman–Crippen MR) is 86.9 cm³/mol. The highest BCUT2D eigenvalue weighted by Gasteiger charge is 2.38.